The van der Waals surface area contributed by atoms with Crippen molar-refractivity contribution in [3.63, 3.8) is 0 Å². The largest absolute Gasteiger partial charge is 0.497 e. The molecule has 0 amide bonds. The molecule has 0 atom stereocenters. The summed E-state index contributed by atoms with van der Waals surface area (Å²) >= 11 is 0. The molecular weight excluding hydrogens is 392 g/mol. The van der Waals surface area contributed by atoms with Crippen molar-refractivity contribution in [3.8, 4) is 11.5 Å². The number of hydrogen-bond donors (Lipinski definition) is 0. The molecule has 1 aromatic heterocycles. The van der Waals surface area contributed by atoms with E-state index >= 15 is 0 Å². The highest BCUT2D eigenvalue weighted by Gasteiger charge is 2.18. The quantitative estimate of drug-likeness (QED) is 0.579. The van der Waals surface area contributed by atoms with Gasteiger partial charge in [0.2, 0.25) is 11.2 Å². The average molecular weight is 421 g/mol. The fourth-order valence-corrected chi connectivity index (χ4v) is 3.73. The Balaban J connectivity index is 1.30. The zero-order valence-corrected chi connectivity index (χ0v) is 18.0. The molecule has 4 rings (SSSR count). The molecule has 0 saturated carbocycles. The van der Waals surface area contributed by atoms with Crippen LogP contribution in [0.5, 0.6) is 11.5 Å². The van der Waals surface area contributed by atoms with Crippen molar-refractivity contribution in [2.75, 3.05) is 38.2 Å². The number of rotatable bonds is 7. The van der Waals surface area contributed by atoms with E-state index in [9.17, 15) is 4.79 Å². The maximum Gasteiger partial charge on any atom is 0.227 e. The summed E-state index contributed by atoms with van der Waals surface area (Å²) in [6, 6.07) is 17.7. The number of methoxy groups -OCH3 is 1. The van der Waals surface area contributed by atoms with Gasteiger partial charge in [-0.15, -0.1) is 0 Å². The van der Waals surface area contributed by atoms with Crippen LogP contribution in [0.2, 0.25) is 0 Å². The van der Waals surface area contributed by atoms with E-state index in [0.29, 0.717) is 18.9 Å². The van der Waals surface area contributed by atoms with Gasteiger partial charge >= 0.3 is 0 Å². The van der Waals surface area contributed by atoms with Crippen molar-refractivity contribution >= 4 is 5.69 Å². The number of nitrogens with zero attached hydrogens (tertiary/aromatic N) is 2. The van der Waals surface area contributed by atoms with Gasteiger partial charge in [0.05, 0.1) is 13.7 Å². The smallest absolute Gasteiger partial charge is 0.227 e. The fourth-order valence-electron chi connectivity index (χ4n) is 3.73. The van der Waals surface area contributed by atoms with Crippen LogP contribution in [-0.4, -0.2) is 38.2 Å². The highest BCUT2D eigenvalue weighted by molar-refractivity contribution is 5.49. The van der Waals surface area contributed by atoms with Crippen molar-refractivity contribution in [3.05, 3.63) is 88.0 Å². The summed E-state index contributed by atoms with van der Waals surface area (Å²) in [5.41, 5.74) is 3.24. The number of benzene rings is 2. The molecule has 162 valence electrons. The van der Waals surface area contributed by atoms with Gasteiger partial charge in [-0.05, 0) is 42.3 Å². The molecule has 1 aliphatic heterocycles. The average Bonchev–Trinajstić information content (AvgIpc) is 2.80. The number of anilines is 1. The van der Waals surface area contributed by atoms with Gasteiger partial charge in [-0.25, -0.2) is 0 Å². The summed E-state index contributed by atoms with van der Waals surface area (Å²) < 4.78 is 16.6. The third-order valence-corrected chi connectivity index (χ3v) is 5.69. The molecule has 1 fully saturated rings. The van der Waals surface area contributed by atoms with Gasteiger partial charge in [0, 0.05) is 37.9 Å². The molecule has 3 aromatic rings. The zero-order chi connectivity index (χ0) is 21.6. The first-order valence-corrected chi connectivity index (χ1v) is 10.5. The first-order valence-electron chi connectivity index (χ1n) is 10.5. The van der Waals surface area contributed by atoms with Gasteiger partial charge in [0.25, 0.3) is 0 Å². The van der Waals surface area contributed by atoms with E-state index < -0.39 is 0 Å². The molecule has 6 heteroatoms. The topological polar surface area (TPSA) is 55.2 Å². The molecule has 0 spiro atoms. The van der Waals surface area contributed by atoms with Crippen molar-refractivity contribution < 1.29 is 13.9 Å². The van der Waals surface area contributed by atoms with Gasteiger partial charge in [-0.1, -0.05) is 24.3 Å². The minimum absolute atomic E-state index is 0.147. The van der Waals surface area contributed by atoms with Crippen molar-refractivity contribution in [1.29, 1.82) is 0 Å². The molecule has 0 unspecified atom stereocenters. The summed E-state index contributed by atoms with van der Waals surface area (Å²) in [6.45, 7) is 6.65. The minimum Gasteiger partial charge on any atom is -0.497 e. The second kappa shape index (κ2) is 9.71. The summed E-state index contributed by atoms with van der Waals surface area (Å²) in [5, 5.41) is 0. The van der Waals surface area contributed by atoms with Crippen LogP contribution in [0.25, 0.3) is 0 Å². The second-order valence-electron chi connectivity index (χ2n) is 7.75. The normalized spacial score (nSPS) is 14.5. The summed E-state index contributed by atoms with van der Waals surface area (Å²) in [7, 11) is 1.68. The van der Waals surface area contributed by atoms with Gasteiger partial charge in [0.1, 0.15) is 24.4 Å². The van der Waals surface area contributed by atoms with Gasteiger partial charge in [-0.3, -0.25) is 9.69 Å². The summed E-state index contributed by atoms with van der Waals surface area (Å²) in [6.07, 6.45) is 1.43. The lowest BCUT2D eigenvalue weighted by molar-refractivity contribution is 0.224. The highest BCUT2D eigenvalue weighted by atomic mass is 16.5. The van der Waals surface area contributed by atoms with Crippen molar-refractivity contribution in [2.45, 2.75) is 20.1 Å². The molecule has 2 aromatic carbocycles. The maximum atomic E-state index is 12.5. The second-order valence-corrected chi connectivity index (χ2v) is 7.75. The maximum absolute atomic E-state index is 12.5. The Labute approximate surface area is 182 Å². The predicted octanol–water partition coefficient (Wildman–Crippen LogP) is 3.86. The van der Waals surface area contributed by atoms with Crippen LogP contribution in [0.4, 0.5) is 5.69 Å². The van der Waals surface area contributed by atoms with E-state index in [0.717, 1.165) is 43.1 Å². The third-order valence-electron chi connectivity index (χ3n) is 5.69. The third kappa shape index (κ3) is 5.27. The lowest BCUT2D eigenvalue weighted by Gasteiger charge is -2.35. The molecular formula is C25H28N2O4. The Kier molecular flexibility index (Phi) is 6.57. The lowest BCUT2D eigenvalue weighted by Crippen LogP contribution is -2.46. The Hall–Kier alpha value is -3.25. The van der Waals surface area contributed by atoms with Gasteiger partial charge in [-0.2, -0.15) is 0 Å². The van der Waals surface area contributed by atoms with E-state index in [1.807, 2.05) is 43.3 Å². The van der Waals surface area contributed by atoms with E-state index in [4.69, 9.17) is 13.9 Å². The van der Waals surface area contributed by atoms with Crippen LogP contribution in [0.3, 0.4) is 0 Å². The van der Waals surface area contributed by atoms with Crippen LogP contribution in [0, 0.1) is 6.92 Å². The number of hydrogen-bond acceptors (Lipinski definition) is 6. The number of piperazine rings is 1. The molecule has 0 radical (unpaired) electrons. The Morgan fingerprint density at radius 1 is 1.00 bits per heavy atom. The Bertz CT molecular complexity index is 1050. The van der Waals surface area contributed by atoms with Crippen molar-refractivity contribution in [2.24, 2.45) is 0 Å². The lowest BCUT2D eigenvalue weighted by atomic mass is 10.1. The Morgan fingerprint density at radius 2 is 1.74 bits per heavy atom. The molecule has 1 saturated heterocycles. The van der Waals surface area contributed by atoms with Crippen molar-refractivity contribution in [1.82, 2.24) is 4.90 Å². The van der Waals surface area contributed by atoms with E-state index in [1.54, 1.807) is 13.2 Å². The number of ether oxygens (including phenoxy) is 2. The van der Waals surface area contributed by atoms with Crippen LogP contribution in [0.15, 0.2) is 70.1 Å². The SMILES string of the molecule is COc1ccc(N2CCN(Cc3cc(=O)c(OCc4ccccc4C)co3)CC2)cc1. The molecule has 0 bridgehead atoms. The highest BCUT2D eigenvalue weighted by Crippen LogP contribution is 2.21. The van der Waals surface area contributed by atoms with E-state index in [1.165, 1.54) is 12.0 Å². The number of aryl methyl sites for hydroxylation is 1. The first-order chi connectivity index (χ1) is 15.1. The summed E-state index contributed by atoms with van der Waals surface area (Å²) in [4.78, 5) is 17.1. The van der Waals surface area contributed by atoms with Gasteiger partial charge in [0.15, 0.2) is 0 Å². The minimum atomic E-state index is -0.147. The van der Waals surface area contributed by atoms with Crippen LogP contribution < -0.4 is 19.8 Å². The molecule has 0 N–H and O–H groups in total. The predicted molar refractivity (Wildman–Crippen MR) is 121 cm³/mol. The van der Waals surface area contributed by atoms with Crippen LogP contribution >= 0.6 is 0 Å². The fraction of sp³-hybridized carbons (Fsp3) is 0.320. The van der Waals surface area contributed by atoms with Crippen LogP contribution in [0.1, 0.15) is 16.9 Å². The molecule has 1 aliphatic rings. The summed E-state index contributed by atoms with van der Waals surface area (Å²) in [5.74, 6) is 1.77. The molecule has 31 heavy (non-hydrogen) atoms. The molecule has 0 aliphatic carbocycles. The standard InChI is InChI=1S/C25H28N2O4/c1-19-5-3-4-6-20(19)17-31-25-18-30-23(15-24(25)28)16-26-11-13-27(14-12-26)21-7-9-22(29-2)10-8-21/h3-10,15,18H,11-14,16-17H2,1-2H3. The van der Waals surface area contributed by atoms with Gasteiger partial charge < -0.3 is 18.8 Å². The zero-order valence-electron chi connectivity index (χ0n) is 18.0. The Morgan fingerprint density at radius 3 is 2.42 bits per heavy atom. The van der Waals surface area contributed by atoms with E-state index in [-0.39, 0.29) is 11.2 Å². The monoisotopic (exact) mass is 420 g/mol. The first kappa shape index (κ1) is 21.0. The van der Waals surface area contributed by atoms with Crippen LogP contribution in [-0.2, 0) is 13.2 Å². The van der Waals surface area contributed by atoms with E-state index in [2.05, 4.69) is 21.9 Å². The molecule has 6 nitrogen and oxygen atoms in total. The molecule has 2 heterocycles.